The lowest BCUT2D eigenvalue weighted by Crippen LogP contribution is -2.35. The van der Waals surface area contributed by atoms with E-state index >= 15 is 0 Å². The molecule has 1 aromatic heterocycles. The van der Waals surface area contributed by atoms with Crippen LogP contribution in [0.25, 0.3) is 0 Å². The van der Waals surface area contributed by atoms with Crippen LogP contribution in [0.1, 0.15) is 31.3 Å². The second kappa shape index (κ2) is 5.41. The third kappa shape index (κ3) is 3.75. The third-order valence-corrected chi connectivity index (χ3v) is 7.86. The molecule has 0 aliphatic rings. The van der Waals surface area contributed by atoms with E-state index in [-0.39, 0.29) is 10.8 Å². The predicted molar refractivity (Wildman–Crippen MR) is 77.2 cm³/mol. The van der Waals surface area contributed by atoms with Crippen LogP contribution in [0.15, 0.2) is 35.0 Å². The Hall–Kier alpha value is -1.53. The lowest BCUT2D eigenvalue weighted by Gasteiger charge is -2.31. The Morgan fingerprint density at radius 3 is 2.56 bits per heavy atom. The first-order chi connectivity index (χ1) is 8.24. The van der Waals surface area contributed by atoms with Gasteiger partial charge < -0.3 is 4.42 Å². The highest BCUT2D eigenvalue weighted by Gasteiger charge is 2.33. The topological polar surface area (TPSA) is 30.2 Å². The van der Waals surface area contributed by atoms with Gasteiger partial charge in [-0.15, -0.1) is 5.54 Å². The van der Waals surface area contributed by atoms with Crippen LogP contribution in [-0.2, 0) is 0 Å². The standard InChI is InChI=1S/C15H20O2Si/c1-15(2,3)18(4,5)12-7-6-9-13(16)14-10-8-11-17-14/h6,8-11H,1-5H3/b9-6-. The SMILES string of the molecule is CC(C)(C)[Si](C)(C)C#C/C=C\C(=O)c1ccco1. The molecule has 0 aliphatic heterocycles. The highest BCUT2D eigenvalue weighted by atomic mass is 28.3. The molecule has 96 valence electrons. The molecular formula is C15H20O2Si. The zero-order valence-corrected chi connectivity index (χ0v) is 12.7. The highest BCUT2D eigenvalue weighted by molar-refractivity contribution is 6.87. The van der Waals surface area contributed by atoms with E-state index in [1.165, 1.54) is 12.3 Å². The van der Waals surface area contributed by atoms with Crippen molar-refractivity contribution in [2.45, 2.75) is 38.9 Å². The van der Waals surface area contributed by atoms with Crippen LogP contribution in [-0.4, -0.2) is 13.9 Å². The number of hydrogen-bond acceptors (Lipinski definition) is 2. The molecule has 18 heavy (non-hydrogen) atoms. The lowest BCUT2D eigenvalue weighted by molar-refractivity contribution is 0.102. The number of hydrogen-bond donors (Lipinski definition) is 0. The van der Waals surface area contributed by atoms with Gasteiger partial charge in [0.1, 0.15) is 8.07 Å². The van der Waals surface area contributed by atoms with Gasteiger partial charge in [-0.3, -0.25) is 4.79 Å². The van der Waals surface area contributed by atoms with E-state index in [1.807, 2.05) is 0 Å². The van der Waals surface area contributed by atoms with Crippen molar-refractivity contribution >= 4 is 13.9 Å². The summed E-state index contributed by atoms with van der Waals surface area (Å²) in [5.74, 6) is 3.19. The van der Waals surface area contributed by atoms with Gasteiger partial charge in [0.25, 0.3) is 0 Å². The van der Waals surface area contributed by atoms with Crippen LogP contribution < -0.4 is 0 Å². The molecular weight excluding hydrogens is 240 g/mol. The van der Waals surface area contributed by atoms with E-state index in [0.717, 1.165) is 0 Å². The molecule has 0 saturated carbocycles. The monoisotopic (exact) mass is 260 g/mol. The molecule has 0 bridgehead atoms. The normalized spacial score (nSPS) is 12.3. The summed E-state index contributed by atoms with van der Waals surface area (Å²) < 4.78 is 5.01. The van der Waals surface area contributed by atoms with Crippen LogP contribution >= 0.6 is 0 Å². The molecule has 0 aliphatic carbocycles. The quantitative estimate of drug-likeness (QED) is 0.347. The van der Waals surface area contributed by atoms with Crippen LogP contribution in [0, 0.1) is 11.5 Å². The zero-order valence-electron chi connectivity index (χ0n) is 11.7. The van der Waals surface area contributed by atoms with Gasteiger partial charge in [-0.2, -0.15) is 0 Å². The van der Waals surface area contributed by atoms with Crippen molar-refractivity contribution in [3.63, 3.8) is 0 Å². The first kappa shape index (κ1) is 14.5. The first-order valence-corrected chi connectivity index (χ1v) is 9.01. The maximum absolute atomic E-state index is 11.6. The number of allylic oxidation sites excluding steroid dienone is 2. The highest BCUT2D eigenvalue weighted by Crippen LogP contribution is 2.34. The third-order valence-electron chi connectivity index (χ3n) is 3.34. The van der Waals surface area contributed by atoms with Gasteiger partial charge in [-0.1, -0.05) is 39.8 Å². The fourth-order valence-electron chi connectivity index (χ4n) is 1.03. The number of furan rings is 1. The Labute approximate surface area is 110 Å². The molecule has 0 atom stereocenters. The lowest BCUT2D eigenvalue weighted by atomic mass is 10.2. The van der Waals surface area contributed by atoms with E-state index in [9.17, 15) is 4.79 Å². The summed E-state index contributed by atoms with van der Waals surface area (Å²) in [5, 5.41) is 0.235. The van der Waals surface area contributed by atoms with E-state index in [2.05, 4.69) is 45.3 Å². The largest absolute Gasteiger partial charge is 0.461 e. The molecule has 0 radical (unpaired) electrons. The number of rotatable bonds is 2. The van der Waals surface area contributed by atoms with E-state index in [1.54, 1.807) is 18.2 Å². The summed E-state index contributed by atoms with van der Waals surface area (Å²) in [6, 6.07) is 3.34. The summed E-state index contributed by atoms with van der Waals surface area (Å²) in [4.78, 5) is 11.6. The second-order valence-electron chi connectivity index (χ2n) is 5.82. The fourth-order valence-corrected chi connectivity index (χ4v) is 1.85. The number of carbonyl (C=O) groups is 1. The molecule has 1 aromatic rings. The average molecular weight is 260 g/mol. The second-order valence-corrected chi connectivity index (χ2v) is 10.8. The van der Waals surface area contributed by atoms with Crippen LogP contribution in [0.4, 0.5) is 0 Å². The Balaban J connectivity index is 2.70. The van der Waals surface area contributed by atoms with Gasteiger partial charge >= 0.3 is 0 Å². The first-order valence-electron chi connectivity index (χ1n) is 6.01. The van der Waals surface area contributed by atoms with Crippen molar-refractivity contribution < 1.29 is 9.21 Å². The van der Waals surface area contributed by atoms with Crippen molar-refractivity contribution in [3.8, 4) is 11.5 Å². The molecule has 0 N–H and O–H groups in total. The Kier molecular flexibility index (Phi) is 4.36. The average Bonchev–Trinajstić information content (AvgIpc) is 2.75. The smallest absolute Gasteiger partial charge is 0.221 e. The maximum Gasteiger partial charge on any atom is 0.221 e. The molecule has 0 saturated heterocycles. The van der Waals surface area contributed by atoms with E-state index < -0.39 is 8.07 Å². The van der Waals surface area contributed by atoms with E-state index in [4.69, 9.17) is 4.42 Å². The molecule has 0 amide bonds. The van der Waals surface area contributed by atoms with Gasteiger partial charge in [0.05, 0.1) is 6.26 Å². The molecule has 2 nitrogen and oxygen atoms in total. The van der Waals surface area contributed by atoms with Crippen molar-refractivity contribution in [3.05, 3.63) is 36.3 Å². The summed E-state index contributed by atoms with van der Waals surface area (Å²) >= 11 is 0. The molecule has 0 fully saturated rings. The van der Waals surface area contributed by atoms with Gasteiger partial charge in [-0.05, 0) is 29.3 Å². The minimum absolute atomic E-state index is 0.149. The molecule has 1 rings (SSSR count). The number of carbonyl (C=O) groups excluding carboxylic acids is 1. The van der Waals surface area contributed by atoms with Crippen molar-refractivity contribution in [2.24, 2.45) is 0 Å². The van der Waals surface area contributed by atoms with Gasteiger partial charge in [0, 0.05) is 0 Å². The number of ketones is 1. The minimum Gasteiger partial charge on any atom is -0.461 e. The summed E-state index contributed by atoms with van der Waals surface area (Å²) in [6.07, 6.45) is 4.56. The molecule has 0 aromatic carbocycles. The minimum atomic E-state index is -1.59. The predicted octanol–water partition coefficient (Wildman–Crippen LogP) is 4.07. The fraction of sp³-hybridized carbons (Fsp3) is 0.400. The van der Waals surface area contributed by atoms with Crippen molar-refractivity contribution in [2.75, 3.05) is 0 Å². The van der Waals surface area contributed by atoms with Gasteiger partial charge in [0.15, 0.2) is 5.76 Å². The van der Waals surface area contributed by atoms with Gasteiger partial charge in [0.2, 0.25) is 5.78 Å². The maximum atomic E-state index is 11.6. The van der Waals surface area contributed by atoms with E-state index in [0.29, 0.717) is 5.76 Å². The van der Waals surface area contributed by atoms with Crippen LogP contribution in [0.2, 0.25) is 18.1 Å². The molecule has 0 spiro atoms. The molecule has 0 unspecified atom stereocenters. The van der Waals surface area contributed by atoms with Gasteiger partial charge in [-0.25, -0.2) is 0 Å². The van der Waals surface area contributed by atoms with Crippen molar-refractivity contribution in [1.82, 2.24) is 0 Å². The molecule has 1 heterocycles. The Bertz CT molecular complexity index is 491. The summed E-state index contributed by atoms with van der Waals surface area (Å²) in [6.45, 7) is 11.1. The zero-order chi connectivity index (χ0) is 13.8. The molecule has 3 heteroatoms. The van der Waals surface area contributed by atoms with Crippen molar-refractivity contribution in [1.29, 1.82) is 0 Å². The summed E-state index contributed by atoms with van der Waals surface area (Å²) in [5.41, 5.74) is 3.32. The Morgan fingerprint density at radius 1 is 1.39 bits per heavy atom. The van der Waals surface area contributed by atoms with Crippen LogP contribution in [0.5, 0.6) is 0 Å². The Morgan fingerprint density at radius 2 is 2.06 bits per heavy atom. The van der Waals surface area contributed by atoms with Crippen LogP contribution in [0.3, 0.4) is 0 Å². The summed E-state index contributed by atoms with van der Waals surface area (Å²) in [7, 11) is -1.59.